The fourth-order valence-corrected chi connectivity index (χ4v) is 7.62. The first-order valence-electron chi connectivity index (χ1n) is 23.4. The molecule has 1 aliphatic rings. The van der Waals surface area contributed by atoms with Gasteiger partial charge in [0.15, 0.2) is 6.10 Å². The molecule has 6 unspecified atom stereocenters. The molecule has 0 heterocycles. The molecule has 0 aliphatic heterocycles. The summed E-state index contributed by atoms with van der Waals surface area (Å²) >= 11 is 0. The number of unbranched alkanes of at least 4 members (excludes halogenated alkanes) is 13. The van der Waals surface area contributed by atoms with Crippen LogP contribution < -0.4 is 0 Å². The molecule has 1 aliphatic carbocycles. The van der Waals surface area contributed by atoms with Crippen molar-refractivity contribution >= 4 is 19.8 Å². The molecule has 13 nitrogen and oxygen atoms in total. The normalized spacial score (nSPS) is 22.3. The second-order valence-electron chi connectivity index (χ2n) is 16.0. The number of aliphatic hydroxyl groups excluding tert-OH is 5. The van der Waals surface area contributed by atoms with Gasteiger partial charge in [-0.2, -0.15) is 0 Å². The Morgan fingerprint density at radius 1 is 0.540 bits per heavy atom. The van der Waals surface area contributed by atoms with Gasteiger partial charge in [0, 0.05) is 12.8 Å². The van der Waals surface area contributed by atoms with E-state index in [0.29, 0.717) is 19.3 Å². The van der Waals surface area contributed by atoms with Crippen LogP contribution in [0.4, 0.5) is 0 Å². The van der Waals surface area contributed by atoms with Gasteiger partial charge in [-0.1, -0.05) is 157 Å². The van der Waals surface area contributed by atoms with E-state index in [1.807, 2.05) is 24.3 Å². The molecule has 0 spiro atoms. The SMILES string of the molecule is C=CCCCCCCCCCCCCCCCC(=O)OC[C@H](COP(=O)(O)OC1C(O)C(O)C(O)[C@@H](O)C1O)OC(=O)CC/C=C/C/C=C/C/C=C/C/C=C/C/C=C/C/C=C/CC. The lowest BCUT2D eigenvalue weighted by Crippen LogP contribution is -2.64. The van der Waals surface area contributed by atoms with Crippen molar-refractivity contribution in [2.24, 2.45) is 0 Å². The number of esters is 2. The summed E-state index contributed by atoms with van der Waals surface area (Å²) in [6.07, 6.45) is 35.4. The van der Waals surface area contributed by atoms with E-state index in [1.54, 1.807) is 0 Å². The highest BCUT2D eigenvalue weighted by Crippen LogP contribution is 2.47. The lowest BCUT2D eigenvalue weighted by atomic mass is 9.85. The zero-order chi connectivity index (χ0) is 46.4. The Kier molecular flexibility index (Phi) is 35.3. The predicted octanol–water partition coefficient (Wildman–Crippen LogP) is 9.28. The summed E-state index contributed by atoms with van der Waals surface area (Å²) < 4.78 is 33.4. The van der Waals surface area contributed by atoms with Gasteiger partial charge in [-0.15, -0.1) is 6.58 Å². The minimum Gasteiger partial charge on any atom is -0.462 e. The van der Waals surface area contributed by atoms with E-state index in [4.69, 9.17) is 18.5 Å². The summed E-state index contributed by atoms with van der Waals surface area (Å²) in [6, 6.07) is 0. The molecule has 360 valence electrons. The van der Waals surface area contributed by atoms with Crippen LogP contribution in [0.2, 0.25) is 0 Å². The molecule has 0 aromatic carbocycles. The van der Waals surface area contributed by atoms with E-state index in [1.165, 1.54) is 51.4 Å². The Labute approximate surface area is 378 Å². The van der Waals surface area contributed by atoms with Gasteiger partial charge < -0.3 is 39.9 Å². The fraction of sp³-hybridized carbons (Fsp3) is 0.673. The van der Waals surface area contributed by atoms with E-state index in [-0.39, 0.29) is 12.8 Å². The minimum absolute atomic E-state index is 0.0329. The number of hydrogen-bond acceptors (Lipinski definition) is 12. The molecule has 1 saturated carbocycles. The van der Waals surface area contributed by atoms with Crippen molar-refractivity contribution in [2.45, 2.75) is 197 Å². The van der Waals surface area contributed by atoms with Gasteiger partial charge in [0.1, 0.15) is 43.2 Å². The Hall–Kier alpha value is -2.97. The van der Waals surface area contributed by atoms with Crippen LogP contribution in [-0.2, 0) is 32.7 Å². The average molecular weight is 909 g/mol. The van der Waals surface area contributed by atoms with Crippen LogP contribution in [0, 0.1) is 0 Å². The maximum atomic E-state index is 12.8. The summed E-state index contributed by atoms with van der Waals surface area (Å²) in [5, 5.41) is 50.2. The predicted molar refractivity (Wildman–Crippen MR) is 248 cm³/mol. The summed E-state index contributed by atoms with van der Waals surface area (Å²) in [5.74, 6) is -1.21. The monoisotopic (exact) mass is 909 g/mol. The molecule has 1 fully saturated rings. The largest absolute Gasteiger partial charge is 0.472 e. The molecule has 14 heteroatoms. The smallest absolute Gasteiger partial charge is 0.462 e. The Bertz CT molecular complexity index is 1410. The molecule has 0 radical (unpaired) electrons. The van der Waals surface area contributed by atoms with E-state index in [0.717, 1.165) is 64.2 Å². The molecule has 0 amide bonds. The number of rotatable bonds is 38. The van der Waals surface area contributed by atoms with Crippen LogP contribution in [0.1, 0.15) is 155 Å². The molecular formula is C49H81O13P. The molecule has 1 rings (SSSR count). The van der Waals surface area contributed by atoms with Crippen LogP contribution in [0.3, 0.4) is 0 Å². The third kappa shape index (κ3) is 30.7. The molecule has 0 aromatic rings. The summed E-state index contributed by atoms with van der Waals surface area (Å²) in [4.78, 5) is 35.7. The zero-order valence-electron chi connectivity index (χ0n) is 37.9. The summed E-state index contributed by atoms with van der Waals surface area (Å²) in [5.41, 5.74) is 0. The van der Waals surface area contributed by atoms with Gasteiger partial charge in [0.05, 0.1) is 6.61 Å². The van der Waals surface area contributed by atoms with Crippen LogP contribution in [0.15, 0.2) is 85.6 Å². The van der Waals surface area contributed by atoms with Crippen molar-refractivity contribution in [3.63, 3.8) is 0 Å². The van der Waals surface area contributed by atoms with Gasteiger partial charge in [0.2, 0.25) is 0 Å². The molecular weight excluding hydrogens is 827 g/mol. The minimum atomic E-state index is -5.14. The zero-order valence-corrected chi connectivity index (χ0v) is 38.8. The van der Waals surface area contributed by atoms with Crippen molar-refractivity contribution in [3.05, 3.63) is 85.6 Å². The number of carbonyl (C=O) groups excluding carboxylic acids is 2. The summed E-state index contributed by atoms with van der Waals surface area (Å²) in [7, 11) is -5.14. The first-order chi connectivity index (χ1) is 30.4. The highest BCUT2D eigenvalue weighted by atomic mass is 31.2. The van der Waals surface area contributed by atoms with Crippen molar-refractivity contribution in [2.75, 3.05) is 13.2 Å². The number of carbonyl (C=O) groups is 2. The van der Waals surface area contributed by atoms with Crippen molar-refractivity contribution < 1.29 is 63.1 Å². The standard InChI is InChI=1S/C49H81O13P/c1-3-5-7-9-11-13-15-17-19-20-21-22-24-26-28-30-32-34-36-38-43(51)61-41(40-60-63(57,58)62-49-47(55)45(53)44(52)46(54)48(49)56)39-59-42(50)37-35-33-31-29-27-25-23-18-16-14-12-10-8-6-4-2/h4-5,7,11,13,17,19,21-22,26,28,32,34,41,44-49,52-56H,2-3,6,8-10,12,14-16,18,20,23-25,27,29-31,33,35-40H2,1H3,(H,57,58)/b7-5+,13-11+,19-17+,22-21+,28-26+,34-32+/t41-,44?,45-,46?,47?,48?,49?/m1/s1. The number of phosphoric ester groups is 1. The molecule has 0 aromatic heterocycles. The lowest BCUT2D eigenvalue weighted by molar-refractivity contribution is -0.220. The Morgan fingerprint density at radius 2 is 0.952 bits per heavy atom. The second-order valence-corrected chi connectivity index (χ2v) is 17.4. The average Bonchev–Trinajstić information content (AvgIpc) is 3.26. The maximum absolute atomic E-state index is 12.8. The topological polar surface area (TPSA) is 210 Å². The van der Waals surface area contributed by atoms with Crippen molar-refractivity contribution in [1.82, 2.24) is 0 Å². The third-order valence-corrected chi connectivity index (χ3v) is 11.4. The second kappa shape index (κ2) is 38.3. The fourth-order valence-electron chi connectivity index (χ4n) is 6.65. The number of aliphatic hydroxyl groups is 5. The first kappa shape index (κ1) is 58.0. The van der Waals surface area contributed by atoms with Gasteiger partial charge in [-0.25, -0.2) is 4.57 Å². The quantitative estimate of drug-likeness (QED) is 0.0148. The Balaban J connectivity index is 2.51. The van der Waals surface area contributed by atoms with Gasteiger partial charge in [-0.3, -0.25) is 18.6 Å². The molecule has 63 heavy (non-hydrogen) atoms. The van der Waals surface area contributed by atoms with Crippen LogP contribution >= 0.6 is 7.82 Å². The van der Waals surface area contributed by atoms with Gasteiger partial charge in [0.25, 0.3) is 0 Å². The highest BCUT2D eigenvalue weighted by molar-refractivity contribution is 7.47. The highest BCUT2D eigenvalue weighted by Gasteiger charge is 2.51. The van der Waals surface area contributed by atoms with E-state index < -0.39 is 75.7 Å². The lowest BCUT2D eigenvalue weighted by Gasteiger charge is -2.41. The number of hydrogen-bond donors (Lipinski definition) is 6. The number of ether oxygens (including phenoxy) is 2. The van der Waals surface area contributed by atoms with E-state index in [9.17, 15) is 44.6 Å². The van der Waals surface area contributed by atoms with Crippen LogP contribution in [0.5, 0.6) is 0 Å². The van der Waals surface area contributed by atoms with Gasteiger partial charge in [-0.05, 0) is 64.2 Å². The van der Waals surface area contributed by atoms with Crippen molar-refractivity contribution in [3.8, 4) is 0 Å². The summed E-state index contributed by atoms with van der Waals surface area (Å²) in [6.45, 7) is 4.64. The number of phosphoric acid groups is 1. The Morgan fingerprint density at radius 3 is 1.41 bits per heavy atom. The molecule has 6 N–H and O–H groups in total. The molecule has 8 atom stereocenters. The van der Waals surface area contributed by atoms with E-state index >= 15 is 0 Å². The van der Waals surface area contributed by atoms with Crippen LogP contribution in [-0.4, -0.2) is 98.3 Å². The maximum Gasteiger partial charge on any atom is 0.472 e. The molecule has 0 saturated heterocycles. The van der Waals surface area contributed by atoms with Crippen molar-refractivity contribution in [1.29, 1.82) is 0 Å². The van der Waals surface area contributed by atoms with Gasteiger partial charge >= 0.3 is 19.8 Å². The van der Waals surface area contributed by atoms with E-state index in [2.05, 4.69) is 68.2 Å². The number of allylic oxidation sites excluding steroid dienone is 13. The molecule has 0 bridgehead atoms. The van der Waals surface area contributed by atoms with Crippen LogP contribution in [0.25, 0.3) is 0 Å². The third-order valence-electron chi connectivity index (χ3n) is 10.4. The first-order valence-corrected chi connectivity index (χ1v) is 24.8.